The lowest BCUT2D eigenvalue weighted by molar-refractivity contribution is 1.26. The number of benzene rings is 1. The fourth-order valence-electron chi connectivity index (χ4n) is 0.919. The zero-order valence-electron chi connectivity index (χ0n) is 7.16. The molecule has 0 saturated carbocycles. The molecule has 1 aromatic rings. The maximum Gasteiger partial charge on any atom is 0.0110 e. The van der Waals surface area contributed by atoms with Crippen molar-refractivity contribution in [1.29, 1.82) is 0 Å². The highest BCUT2D eigenvalue weighted by molar-refractivity contribution is 7.98. The summed E-state index contributed by atoms with van der Waals surface area (Å²) in [6.07, 6.45) is 6.06. The van der Waals surface area contributed by atoms with Crippen molar-refractivity contribution in [2.24, 2.45) is 5.73 Å². The minimum atomic E-state index is 0.601. The second-order valence-electron chi connectivity index (χ2n) is 2.41. The molecule has 0 radical (unpaired) electrons. The number of hydrogen-bond donors (Lipinski definition) is 1. The molecule has 0 aliphatic rings. The number of hydrogen-bond acceptors (Lipinski definition) is 2. The molecule has 0 fully saturated rings. The van der Waals surface area contributed by atoms with Crippen LogP contribution in [0.5, 0.6) is 0 Å². The molecule has 1 nitrogen and oxygen atoms in total. The molecule has 0 atom stereocenters. The molecule has 0 unspecified atom stereocenters. The Morgan fingerprint density at radius 1 is 1.33 bits per heavy atom. The van der Waals surface area contributed by atoms with Gasteiger partial charge in [-0.2, -0.15) is 0 Å². The van der Waals surface area contributed by atoms with Crippen molar-refractivity contribution < 1.29 is 0 Å². The second kappa shape index (κ2) is 5.01. The van der Waals surface area contributed by atoms with E-state index in [1.54, 1.807) is 11.8 Å². The molecule has 0 aliphatic carbocycles. The van der Waals surface area contributed by atoms with E-state index in [9.17, 15) is 0 Å². The maximum absolute atomic E-state index is 5.34. The topological polar surface area (TPSA) is 26.0 Å². The summed E-state index contributed by atoms with van der Waals surface area (Å²) in [4.78, 5) is 1.29. The van der Waals surface area contributed by atoms with Crippen molar-refractivity contribution in [2.45, 2.75) is 4.90 Å². The first-order valence-electron chi connectivity index (χ1n) is 3.87. The minimum absolute atomic E-state index is 0.601. The van der Waals surface area contributed by atoms with Gasteiger partial charge in [0.1, 0.15) is 0 Å². The van der Waals surface area contributed by atoms with Crippen molar-refractivity contribution >= 4 is 17.8 Å². The summed E-state index contributed by atoms with van der Waals surface area (Å²) in [5.74, 6) is 0. The molecule has 1 rings (SSSR count). The highest BCUT2D eigenvalue weighted by Gasteiger charge is 1.88. The highest BCUT2D eigenvalue weighted by Crippen LogP contribution is 2.15. The average molecular weight is 179 g/mol. The van der Waals surface area contributed by atoms with Gasteiger partial charge in [0.15, 0.2) is 0 Å². The molecular weight excluding hydrogens is 166 g/mol. The van der Waals surface area contributed by atoms with E-state index < -0.39 is 0 Å². The van der Waals surface area contributed by atoms with Crippen LogP contribution >= 0.6 is 11.8 Å². The molecule has 0 saturated heterocycles. The van der Waals surface area contributed by atoms with Gasteiger partial charge in [0.2, 0.25) is 0 Å². The van der Waals surface area contributed by atoms with Gasteiger partial charge in [0.25, 0.3) is 0 Å². The van der Waals surface area contributed by atoms with E-state index in [2.05, 4.69) is 30.5 Å². The van der Waals surface area contributed by atoms with E-state index in [1.807, 2.05) is 12.2 Å². The van der Waals surface area contributed by atoms with Crippen LogP contribution in [0.4, 0.5) is 0 Å². The number of rotatable bonds is 3. The van der Waals surface area contributed by atoms with E-state index in [0.717, 1.165) is 0 Å². The normalized spacial score (nSPS) is 10.8. The van der Waals surface area contributed by atoms with Crippen molar-refractivity contribution in [1.82, 2.24) is 0 Å². The highest BCUT2D eigenvalue weighted by atomic mass is 32.2. The fraction of sp³-hybridized carbons (Fsp3) is 0.200. The summed E-state index contributed by atoms with van der Waals surface area (Å²) in [5.41, 5.74) is 6.55. The maximum atomic E-state index is 5.34. The van der Waals surface area contributed by atoms with E-state index >= 15 is 0 Å². The average Bonchev–Trinajstić information content (AvgIpc) is 2.15. The van der Waals surface area contributed by atoms with Gasteiger partial charge in [-0.05, 0) is 24.0 Å². The SMILES string of the molecule is CSc1ccc(C=CCN)cc1. The van der Waals surface area contributed by atoms with Crippen LogP contribution in [-0.4, -0.2) is 12.8 Å². The molecular formula is C10H13NS. The van der Waals surface area contributed by atoms with E-state index in [1.165, 1.54) is 10.5 Å². The molecule has 2 heteroatoms. The smallest absolute Gasteiger partial charge is 0.0110 e. The molecule has 0 spiro atoms. The summed E-state index contributed by atoms with van der Waals surface area (Å²) >= 11 is 1.75. The van der Waals surface area contributed by atoms with Gasteiger partial charge in [0, 0.05) is 11.4 Å². The van der Waals surface area contributed by atoms with Gasteiger partial charge in [-0.3, -0.25) is 0 Å². The summed E-state index contributed by atoms with van der Waals surface area (Å²) < 4.78 is 0. The Labute approximate surface area is 77.7 Å². The first kappa shape index (κ1) is 9.36. The van der Waals surface area contributed by atoms with Crippen LogP contribution in [0.2, 0.25) is 0 Å². The van der Waals surface area contributed by atoms with Crippen LogP contribution in [0.1, 0.15) is 5.56 Å². The van der Waals surface area contributed by atoms with Crippen molar-refractivity contribution in [2.75, 3.05) is 12.8 Å². The third-order valence-corrected chi connectivity index (χ3v) is 2.31. The van der Waals surface area contributed by atoms with Gasteiger partial charge < -0.3 is 5.73 Å². The molecule has 0 aliphatic heterocycles. The predicted molar refractivity (Wildman–Crippen MR) is 56.3 cm³/mol. The molecule has 0 amide bonds. The monoisotopic (exact) mass is 179 g/mol. The minimum Gasteiger partial charge on any atom is -0.327 e. The predicted octanol–water partition coefficient (Wildman–Crippen LogP) is 2.38. The van der Waals surface area contributed by atoms with Crippen molar-refractivity contribution in [3.63, 3.8) is 0 Å². The lowest BCUT2D eigenvalue weighted by Gasteiger charge is -1.96. The first-order valence-corrected chi connectivity index (χ1v) is 5.10. The lowest BCUT2D eigenvalue weighted by atomic mass is 10.2. The Kier molecular flexibility index (Phi) is 3.91. The zero-order valence-corrected chi connectivity index (χ0v) is 7.97. The van der Waals surface area contributed by atoms with Crippen LogP contribution in [0.3, 0.4) is 0 Å². The Balaban J connectivity index is 2.71. The van der Waals surface area contributed by atoms with Gasteiger partial charge in [-0.15, -0.1) is 11.8 Å². The number of nitrogens with two attached hydrogens (primary N) is 1. The van der Waals surface area contributed by atoms with Crippen molar-refractivity contribution in [3.8, 4) is 0 Å². The van der Waals surface area contributed by atoms with E-state index in [4.69, 9.17) is 5.73 Å². The van der Waals surface area contributed by atoms with Gasteiger partial charge in [-0.25, -0.2) is 0 Å². The second-order valence-corrected chi connectivity index (χ2v) is 3.29. The summed E-state index contributed by atoms with van der Waals surface area (Å²) in [5, 5.41) is 0. The molecule has 1 aromatic carbocycles. The molecule has 0 bridgehead atoms. The summed E-state index contributed by atoms with van der Waals surface area (Å²) in [7, 11) is 0. The van der Waals surface area contributed by atoms with Crippen LogP contribution in [0, 0.1) is 0 Å². The summed E-state index contributed by atoms with van der Waals surface area (Å²) in [6, 6.07) is 8.41. The van der Waals surface area contributed by atoms with Gasteiger partial charge in [0.05, 0.1) is 0 Å². The van der Waals surface area contributed by atoms with Crippen LogP contribution in [0.15, 0.2) is 35.2 Å². The largest absolute Gasteiger partial charge is 0.327 e. The quantitative estimate of drug-likeness (QED) is 0.721. The standard InChI is InChI=1S/C10H13NS/c1-12-10-6-4-9(5-7-10)3-2-8-11/h2-7H,8,11H2,1H3. The van der Waals surface area contributed by atoms with Gasteiger partial charge in [-0.1, -0.05) is 24.3 Å². The molecule has 2 N–H and O–H groups in total. The van der Waals surface area contributed by atoms with Crippen LogP contribution < -0.4 is 5.73 Å². The van der Waals surface area contributed by atoms with Crippen LogP contribution in [0.25, 0.3) is 6.08 Å². The van der Waals surface area contributed by atoms with Gasteiger partial charge >= 0.3 is 0 Å². The Morgan fingerprint density at radius 2 is 2.00 bits per heavy atom. The molecule has 0 aromatic heterocycles. The lowest BCUT2D eigenvalue weighted by Crippen LogP contribution is -1.91. The molecule has 12 heavy (non-hydrogen) atoms. The molecule has 0 heterocycles. The van der Waals surface area contributed by atoms with Crippen LogP contribution in [-0.2, 0) is 0 Å². The zero-order chi connectivity index (χ0) is 8.81. The Bertz CT molecular complexity index is 251. The fourth-order valence-corrected chi connectivity index (χ4v) is 1.33. The third-order valence-electron chi connectivity index (χ3n) is 1.56. The Hall–Kier alpha value is -0.730. The third kappa shape index (κ3) is 2.72. The summed E-state index contributed by atoms with van der Waals surface area (Å²) in [6.45, 7) is 0.601. The first-order chi connectivity index (χ1) is 5.86. The number of thioether (sulfide) groups is 1. The van der Waals surface area contributed by atoms with Crippen molar-refractivity contribution in [3.05, 3.63) is 35.9 Å². The Morgan fingerprint density at radius 3 is 2.50 bits per heavy atom. The van der Waals surface area contributed by atoms with E-state index in [0.29, 0.717) is 6.54 Å². The molecule has 64 valence electrons. The van der Waals surface area contributed by atoms with E-state index in [-0.39, 0.29) is 0 Å².